The van der Waals surface area contributed by atoms with Gasteiger partial charge in [-0.25, -0.2) is 0 Å². The first-order chi connectivity index (χ1) is 31.0. The van der Waals surface area contributed by atoms with E-state index in [1.54, 1.807) is 0 Å². The highest BCUT2D eigenvalue weighted by Gasteiger charge is 2.36. The van der Waals surface area contributed by atoms with Gasteiger partial charge in [0, 0.05) is 38.6 Å². The van der Waals surface area contributed by atoms with Crippen LogP contribution < -0.4 is 4.90 Å². The van der Waals surface area contributed by atoms with Crippen LogP contribution in [0.2, 0.25) is 0 Å². The van der Waals surface area contributed by atoms with Crippen molar-refractivity contribution in [2.75, 3.05) is 4.90 Å². The summed E-state index contributed by atoms with van der Waals surface area (Å²) in [5.74, 6) is 0. The fourth-order valence-electron chi connectivity index (χ4n) is 10.2. The van der Waals surface area contributed by atoms with Crippen LogP contribution in [0, 0.1) is 0 Å². The van der Waals surface area contributed by atoms with Gasteiger partial charge < -0.3 is 9.47 Å². The van der Waals surface area contributed by atoms with E-state index in [2.05, 4.69) is 254 Å². The van der Waals surface area contributed by atoms with Gasteiger partial charge in [-0.3, -0.25) is 0 Å². The molecule has 0 radical (unpaired) electrons. The Morgan fingerprint density at radius 2 is 0.905 bits per heavy atom. The van der Waals surface area contributed by atoms with Crippen molar-refractivity contribution in [3.8, 4) is 50.2 Å². The molecule has 1 aliphatic carbocycles. The molecule has 0 saturated heterocycles. The summed E-state index contributed by atoms with van der Waals surface area (Å²) in [5, 5.41) is 4.82. The summed E-state index contributed by atoms with van der Waals surface area (Å²) in [6, 6.07) is 84.8. The van der Waals surface area contributed by atoms with E-state index in [4.69, 9.17) is 0 Å². The number of hydrogen-bond acceptors (Lipinski definition) is 1. The normalized spacial score (nSPS) is 12.7. The Labute approximate surface area is 368 Å². The maximum atomic E-state index is 2.51. The molecule has 10 aromatic carbocycles. The molecule has 0 spiro atoms. The lowest BCUT2D eigenvalue weighted by atomic mass is 9.82. The van der Waals surface area contributed by atoms with Crippen molar-refractivity contribution in [3.05, 3.63) is 242 Å². The van der Waals surface area contributed by atoms with Crippen LogP contribution in [0.3, 0.4) is 0 Å². The summed E-state index contributed by atoms with van der Waals surface area (Å²) in [5.41, 5.74) is 19.2. The summed E-state index contributed by atoms with van der Waals surface area (Å²) < 4.78 is 2.51. The van der Waals surface area contributed by atoms with Crippen LogP contribution in [0.1, 0.15) is 25.0 Å². The largest absolute Gasteiger partial charge is 0.310 e. The first kappa shape index (κ1) is 36.9. The lowest BCUT2D eigenvalue weighted by molar-refractivity contribution is 0.660. The van der Waals surface area contributed by atoms with Gasteiger partial charge in [-0.15, -0.1) is 0 Å². The molecule has 11 aromatic rings. The standard InChI is InChI=1S/C61H44N2/c1-61(2)55-25-15-14-24-52(55)53-37-35-50(40-56(53)61)62(48-31-26-44(27-32-48)41-16-6-3-7-17-41)58-39-47-22-12-13-23-51(47)60-59(58)54-36-30-46(43-20-10-5-11-21-43)38-57(54)63(60)49-33-28-45(29-34-49)42-18-8-4-9-19-42/h3-40H,1-2H3. The smallest absolute Gasteiger partial charge is 0.0640 e. The third-order valence-corrected chi connectivity index (χ3v) is 13.4. The van der Waals surface area contributed by atoms with Crippen molar-refractivity contribution in [1.82, 2.24) is 4.57 Å². The summed E-state index contributed by atoms with van der Waals surface area (Å²) >= 11 is 0. The van der Waals surface area contributed by atoms with Gasteiger partial charge in [-0.05, 0) is 110 Å². The maximum absolute atomic E-state index is 2.51. The molecule has 298 valence electrons. The monoisotopic (exact) mass is 804 g/mol. The van der Waals surface area contributed by atoms with Crippen molar-refractivity contribution in [1.29, 1.82) is 0 Å². The SMILES string of the molecule is CC1(C)c2ccccc2-c2ccc(N(c3ccc(-c4ccccc4)cc3)c3cc4ccccc4c4c3c3ccc(-c5ccccc5)cc3n4-c3ccc(-c4ccccc4)cc3)cc21. The molecule has 12 rings (SSSR count). The number of hydrogen-bond donors (Lipinski definition) is 0. The molecule has 63 heavy (non-hydrogen) atoms. The Bertz CT molecular complexity index is 3490. The number of rotatable bonds is 7. The van der Waals surface area contributed by atoms with Crippen molar-refractivity contribution >= 4 is 49.6 Å². The van der Waals surface area contributed by atoms with E-state index < -0.39 is 0 Å². The van der Waals surface area contributed by atoms with E-state index in [1.807, 2.05) is 0 Å². The molecule has 0 bridgehead atoms. The number of aromatic nitrogens is 1. The fourth-order valence-corrected chi connectivity index (χ4v) is 10.2. The second-order valence-electron chi connectivity index (χ2n) is 17.3. The zero-order valence-corrected chi connectivity index (χ0v) is 35.3. The lowest BCUT2D eigenvalue weighted by Crippen LogP contribution is -2.16. The van der Waals surface area contributed by atoms with E-state index in [0.717, 1.165) is 22.7 Å². The first-order valence-corrected chi connectivity index (χ1v) is 21.9. The van der Waals surface area contributed by atoms with Gasteiger partial charge in [-0.1, -0.05) is 196 Å². The van der Waals surface area contributed by atoms with Crippen LogP contribution in [-0.4, -0.2) is 4.57 Å². The number of fused-ring (bicyclic) bond motifs is 8. The molecule has 1 heterocycles. The topological polar surface area (TPSA) is 8.17 Å². The van der Waals surface area contributed by atoms with E-state index in [-0.39, 0.29) is 5.41 Å². The average molecular weight is 805 g/mol. The Kier molecular flexibility index (Phi) is 8.55. The predicted molar refractivity (Wildman–Crippen MR) is 267 cm³/mol. The maximum Gasteiger partial charge on any atom is 0.0640 e. The third-order valence-electron chi connectivity index (χ3n) is 13.4. The molecule has 2 nitrogen and oxygen atoms in total. The molecule has 0 N–H and O–H groups in total. The molecule has 1 aromatic heterocycles. The minimum Gasteiger partial charge on any atom is -0.310 e. The minimum absolute atomic E-state index is 0.154. The predicted octanol–water partition coefficient (Wildman–Crippen LogP) is 16.7. The highest BCUT2D eigenvalue weighted by Crippen LogP contribution is 2.52. The van der Waals surface area contributed by atoms with Crippen LogP contribution >= 0.6 is 0 Å². The molecule has 0 aliphatic heterocycles. The van der Waals surface area contributed by atoms with Crippen molar-refractivity contribution in [2.45, 2.75) is 19.3 Å². The van der Waals surface area contributed by atoms with Crippen molar-refractivity contribution < 1.29 is 0 Å². The Morgan fingerprint density at radius 3 is 1.59 bits per heavy atom. The molecule has 2 heteroatoms. The Balaban J connectivity index is 1.16. The number of benzene rings is 10. The van der Waals surface area contributed by atoms with Gasteiger partial charge in [0.15, 0.2) is 0 Å². The number of anilines is 3. The van der Waals surface area contributed by atoms with Crippen molar-refractivity contribution in [3.63, 3.8) is 0 Å². The molecule has 0 saturated carbocycles. The average Bonchev–Trinajstić information content (AvgIpc) is 3.81. The van der Waals surface area contributed by atoms with Crippen LogP contribution in [0.25, 0.3) is 82.8 Å². The zero-order chi connectivity index (χ0) is 42.1. The van der Waals surface area contributed by atoms with E-state index in [1.165, 1.54) is 88.2 Å². The summed E-state index contributed by atoms with van der Waals surface area (Å²) in [7, 11) is 0. The van der Waals surface area contributed by atoms with Gasteiger partial charge in [-0.2, -0.15) is 0 Å². The molecular formula is C61H44N2. The van der Waals surface area contributed by atoms with Gasteiger partial charge in [0.2, 0.25) is 0 Å². The summed E-state index contributed by atoms with van der Waals surface area (Å²) in [6.07, 6.45) is 0. The van der Waals surface area contributed by atoms with Crippen LogP contribution in [0.15, 0.2) is 231 Å². The van der Waals surface area contributed by atoms with E-state index >= 15 is 0 Å². The Hall–Kier alpha value is -7.94. The third kappa shape index (κ3) is 6.02. The molecule has 0 atom stereocenters. The van der Waals surface area contributed by atoms with Crippen LogP contribution in [0.4, 0.5) is 17.1 Å². The van der Waals surface area contributed by atoms with E-state index in [0.29, 0.717) is 0 Å². The molecule has 0 fully saturated rings. The minimum atomic E-state index is -0.154. The molecular weight excluding hydrogens is 761 g/mol. The molecule has 1 aliphatic rings. The van der Waals surface area contributed by atoms with Crippen LogP contribution in [0.5, 0.6) is 0 Å². The van der Waals surface area contributed by atoms with Crippen LogP contribution in [-0.2, 0) is 5.41 Å². The van der Waals surface area contributed by atoms with Crippen molar-refractivity contribution in [2.24, 2.45) is 0 Å². The first-order valence-electron chi connectivity index (χ1n) is 21.9. The zero-order valence-electron chi connectivity index (χ0n) is 35.3. The Morgan fingerprint density at radius 1 is 0.381 bits per heavy atom. The second-order valence-corrected chi connectivity index (χ2v) is 17.3. The van der Waals surface area contributed by atoms with Gasteiger partial charge in [0.25, 0.3) is 0 Å². The summed E-state index contributed by atoms with van der Waals surface area (Å²) in [4.78, 5) is 2.51. The highest BCUT2D eigenvalue weighted by atomic mass is 15.1. The number of nitrogens with zero attached hydrogens (tertiary/aromatic N) is 2. The lowest BCUT2D eigenvalue weighted by Gasteiger charge is -2.29. The van der Waals surface area contributed by atoms with Gasteiger partial charge >= 0.3 is 0 Å². The van der Waals surface area contributed by atoms with E-state index in [9.17, 15) is 0 Å². The fraction of sp³-hybridized carbons (Fsp3) is 0.0492. The quantitative estimate of drug-likeness (QED) is 0.156. The summed E-state index contributed by atoms with van der Waals surface area (Å²) in [6.45, 7) is 4.74. The molecule has 0 amide bonds. The highest BCUT2D eigenvalue weighted by molar-refractivity contribution is 6.25. The molecule has 0 unspecified atom stereocenters. The van der Waals surface area contributed by atoms with Gasteiger partial charge in [0.1, 0.15) is 0 Å². The van der Waals surface area contributed by atoms with Gasteiger partial charge in [0.05, 0.1) is 16.7 Å². The second kappa shape index (κ2) is 14.6.